The number of rotatable bonds is 5. The van der Waals surface area contributed by atoms with Gasteiger partial charge in [-0.2, -0.15) is 0 Å². The predicted molar refractivity (Wildman–Crippen MR) is 77.3 cm³/mol. The van der Waals surface area contributed by atoms with E-state index in [2.05, 4.69) is 4.98 Å². The molecule has 6 nitrogen and oxygen atoms in total. The molecule has 0 aliphatic carbocycles. The van der Waals surface area contributed by atoms with Gasteiger partial charge in [-0.15, -0.1) is 0 Å². The van der Waals surface area contributed by atoms with Crippen molar-refractivity contribution in [2.24, 2.45) is 0 Å². The largest absolute Gasteiger partial charge is 0.495 e. The lowest BCUT2D eigenvalue weighted by atomic mass is 10.2. The van der Waals surface area contributed by atoms with E-state index in [1.165, 1.54) is 20.3 Å². The Bertz CT molecular complexity index is 643. The maximum atomic E-state index is 12.0. The van der Waals surface area contributed by atoms with Gasteiger partial charge in [0.05, 0.1) is 31.2 Å². The Labute approximate surface area is 122 Å². The van der Waals surface area contributed by atoms with E-state index in [0.717, 1.165) is 0 Å². The lowest BCUT2D eigenvalue weighted by Gasteiger charge is -2.08. The molecule has 0 aliphatic heterocycles. The van der Waals surface area contributed by atoms with Gasteiger partial charge >= 0.3 is 5.97 Å². The highest BCUT2D eigenvalue weighted by Crippen LogP contribution is 2.22. The smallest absolute Gasteiger partial charge is 0.338 e. The third-order valence-electron chi connectivity index (χ3n) is 2.81. The molecule has 110 valence electrons. The normalized spacial score (nSPS) is 10.0. The summed E-state index contributed by atoms with van der Waals surface area (Å²) >= 11 is 0. The number of hydrogen-bond donors (Lipinski definition) is 1. The number of anilines is 1. The number of nitrogens with zero attached hydrogens (tertiary/aromatic N) is 1. The maximum absolute atomic E-state index is 12.0. The van der Waals surface area contributed by atoms with Crippen molar-refractivity contribution in [3.05, 3.63) is 47.7 Å². The van der Waals surface area contributed by atoms with Gasteiger partial charge in [0.2, 0.25) is 5.88 Å². The molecule has 0 fully saturated rings. The summed E-state index contributed by atoms with van der Waals surface area (Å²) in [6.45, 7) is 0.0583. The zero-order valence-electron chi connectivity index (χ0n) is 11.8. The van der Waals surface area contributed by atoms with Gasteiger partial charge in [0.15, 0.2) is 0 Å². The third-order valence-corrected chi connectivity index (χ3v) is 2.81. The van der Waals surface area contributed by atoms with Crippen molar-refractivity contribution in [1.82, 2.24) is 4.98 Å². The van der Waals surface area contributed by atoms with Crippen LogP contribution in [-0.2, 0) is 11.3 Å². The van der Waals surface area contributed by atoms with E-state index < -0.39 is 5.97 Å². The average Bonchev–Trinajstić information content (AvgIpc) is 2.53. The fourth-order valence-electron chi connectivity index (χ4n) is 1.71. The lowest BCUT2D eigenvalue weighted by Crippen LogP contribution is -2.07. The summed E-state index contributed by atoms with van der Waals surface area (Å²) in [6.07, 6.45) is 0. The van der Waals surface area contributed by atoms with Crippen molar-refractivity contribution in [3.63, 3.8) is 0 Å². The van der Waals surface area contributed by atoms with Gasteiger partial charge in [-0.05, 0) is 24.3 Å². The van der Waals surface area contributed by atoms with Crippen LogP contribution in [0.3, 0.4) is 0 Å². The van der Waals surface area contributed by atoms with Gasteiger partial charge in [0.1, 0.15) is 12.4 Å². The molecular weight excluding hydrogens is 272 g/mol. The highest BCUT2D eigenvalue weighted by atomic mass is 16.5. The molecule has 1 heterocycles. The fourth-order valence-corrected chi connectivity index (χ4v) is 1.71. The minimum atomic E-state index is -0.474. The van der Waals surface area contributed by atoms with E-state index in [1.807, 2.05) is 0 Å². The number of esters is 1. The van der Waals surface area contributed by atoms with Gasteiger partial charge in [0.25, 0.3) is 0 Å². The van der Waals surface area contributed by atoms with Crippen LogP contribution in [0.4, 0.5) is 5.69 Å². The van der Waals surface area contributed by atoms with Crippen LogP contribution >= 0.6 is 0 Å². The van der Waals surface area contributed by atoms with Crippen molar-refractivity contribution >= 4 is 11.7 Å². The van der Waals surface area contributed by atoms with Crippen molar-refractivity contribution in [2.45, 2.75) is 6.61 Å². The third kappa shape index (κ3) is 3.62. The second-order valence-corrected chi connectivity index (χ2v) is 4.20. The van der Waals surface area contributed by atoms with Crippen molar-refractivity contribution in [1.29, 1.82) is 0 Å². The van der Waals surface area contributed by atoms with Gasteiger partial charge in [-0.3, -0.25) is 0 Å². The van der Waals surface area contributed by atoms with Gasteiger partial charge in [-0.25, -0.2) is 9.78 Å². The summed E-state index contributed by atoms with van der Waals surface area (Å²) < 4.78 is 15.3. The first-order valence-electron chi connectivity index (χ1n) is 6.24. The van der Waals surface area contributed by atoms with E-state index >= 15 is 0 Å². The number of methoxy groups -OCH3 is 2. The van der Waals surface area contributed by atoms with E-state index in [1.54, 1.807) is 30.3 Å². The molecule has 0 radical (unpaired) electrons. The summed E-state index contributed by atoms with van der Waals surface area (Å²) in [5, 5.41) is 0. The molecule has 2 aromatic rings. The predicted octanol–water partition coefficient (Wildman–Crippen LogP) is 2.04. The second-order valence-electron chi connectivity index (χ2n) is 4.20. The highest BCUT2D eigenvalue weighted by Gasteiger charge is 2.11. The van der Waals surface area contributed by atoms with E-state index in [9.17, 15) is 4.79 Å². The van der Waals surface area contributed by atoms with Crippen LogP contribution in [0.15, 0.2) is 36.4 Å². The molecule has 2 N–H and O–H groups in total. The summed E-state index contributed by atoms with van der Waals surface area (Å²) in [4.78, 5) is 16.1. The number of carbonyl (C=O) groups is 1. The average molecular weight is 288 g/mol. The van der Waals surface area contributed by atoms with Crippen LogP contribution in [0.25, 0.3) is 0 Å². The molecule has 0 unspecified atom stereocenters. The molecule has 0 atom stereocenters. The molecule has 0 spiro atoms. The van der Waals surface area contributed by atoms with E-state index in [4.69, 9.17) is 19.9 Å². The van der Waals surface area contributed by atoms with E-state index in [-0.39, 0.29) is 6.61 Å². The quantitative estimate of drug-likeness (QED) is 0.669. The zero-order valence-corrected chi connectivity index (χ0v) is 11.8. The molecular formula is C15H16N2O4. The molecule has 0 aliphatic rings. The van der Waals surface area contributed by atoms with Gasteiger partial charge in [0, 0.05) is 6.07 Å². The number of nitrogens with two attached hydrogens (primary N) is 1. The number of benzene rings is 1. The number of hydrogen-bond acceptors (Lipinski definition) is 6. The molecule has 1 aromatic heterocycles. The fraction of sp³-hybridized carbons (Fsp3) is 0.200. The van der Waals surface area contributed by atoms with Gasteiger partial charge < -0.3 is 19.9 Å². The van der Waals surface area contributed by atoms with Gasteiger partial charge in [-0.1, -0.05) is 6.07 Å². The first-order chi connectivity index (χ1) is 10.1. The van der Waals surface area contributed by atoms with Crippen LogP contribution in [-0.4, -0.2) is 25.2 Å². The van der Waals surface area contributed by atoms with E-state index in [0.29, 0.717) is 28.6 Å². The first-order valence-corrected chi connectivity index (χ1v) is 6.24. The Morgan fingerprint density at radius 2 is 2.00 bits per heavy atom. The highest BCUT2D eigenvalue weighted by molar-refractivity contribution is 5.90. The zero-order chi connectivity index (χ0) is 15.2. The number of aromatic nitrogens is 1. The van der Waals surface area contributed by atoms with Crippen molar-refractivity contribution in [3.8, 4) is 11.6 Å². The molecule has 21 heavy (non-hydrogen) atoms. The number of ether oxygens (including phenoxy) is 3. The SMILES string of the molecule is COc1cccc(COC(=O)c2ccc(N)c(OC)c2)n1. The Kier molecular flexibility index (Phi) is 4.61. The standard InChI is InChI=1S/C15H16N2O4/c1-19-13-8-10(6-7-12(13)16)15(18)21-9-11-4-3-5-14(17-11)20-2/h3-8H,9,16H2,1-2H3. The lowest BCUT2D eigenvalue weighted by molar-refractivity contribution is 0.0466. The molecule has 1 aromatic carbocycles. The molecule has 0 saturated carbocycles. The molecule has 2 rings (SSSR count). The summed E-state index contributed by atoms with van der Waals surface area (Å²) in [5.74, 6) is 0.430. The topological polar surface area (TPSA) is 83.7 Å². The summed E-state index contributed by atoms with van der Waals surface area (Å²) in [5.41, 5.74) is 7.12. The Hall–Kier alpha value is -2.76. The second kappa shape index (κ2) is 6.60. The minimum Gasteiger partial charge on any atom is -0.495 e. The van der Waals surface area contributed by atoms with Crippen LogP contribution in [0.2, 0.25) is 0 Å². The number of pyridine rings is 1. The maximum Gasteiger partial charge on any atom is 0.338 e. The Balaban J connectivity index is 2.04. The Morgan fingerprint density at radius 3 is 2.71 bits per heavy atom. The van der Waals surface area contributed by atoms with Crippen molar-refractivity contribution < 1.29 is 19.0 Å². The van der Waals surface area contributed by atoms with Crippen LogP contribution in [0, 0.1) is 0 Å². The molecule has 0 amide bonds. The minimum absolute atomic E-state index is 0.0583. The number of nitrogen functional groups attached to an aromatic ring is 1. The molecule has 0 saturated heterocycles. The monoisotopic (exact) mass is 288 g/mol. The van der Waals surface area contributed by atoms with Crippen LogP contribution in [0.5, 0.6) is 11.6 Å². The van der Waals surface area contributed by atoms with Crippen LogP contribution < -0.4 is 15.2 Å². The first kappa shape index (κ1) is 14.6. The molecule has 6 heteroatoms. The summed E-state index contributed by atoms with van der Waals surface area (Å²) in [7, 11) is 3.01. The summed E-state index contributed by atoms with van der Waals surface area (Å²) in [6, 6.07) is 9.96. The number of carbonyl (C=O) groups excluding carboxylic acids is 1. The van der Waals surface area contributed by atoms with Crippen molar-refractivity contribution in [2.75, 3.05) is 20.0 Å². The van der Waals surface area contributed by atoms with Crippen LogP contribution in [0.1, 0.15) is 16.1 Å². The molecule has 0 bridgehead atoms. The Morgan fingerprint density at radius 1 is 1.19 bits per heavy atom.